The summed E-state index contributed by atoms with van der Waals surface area (Å²) in [6.45, 7) is 4.11. The molecule has 0 aliphatic rings. The number of nitrogens with one attached hydrogen (secondary N) is 1. The van der Waals surface area contributed by atoms with Crippen LogP contribution in [-0.4, -0.2) is 26.7 Å². The van der Waals surface area contributed by atoms with E-state index in [-0.39, 0.29) is 0 Å². The molecule has 0 bridgehead atoms. The van der Waals surface area contributed by atoms with E-state index < -0.39 is 0 Å². The number of benzene rings is 2. The summed E-state index contributed by atoms with van der Waals surface area (Å²) < 4.78 is 7.26. The lowest BCUT2D eigenvalue weighted by Gasteiger charge is -2.16. The van der Waals surface area contributed by atoms with Gasteiger partial charge in [0.05, 0.1) is 12.8 Å². The molecular formula is C21H21N5O. The summed E-state index contributed by atoms with van der Waals surface area (Å²) in [5.41, 5.74) is 3.87. The van der Waals surface area contributed by atoms with Crippen molar-refractivity contribution in [2.75, 3.05) is 12.4 Å². The topological polar surface area (TPSA) is 64.3 Å². The zero-order valence-electron chi connectivity index (χ0n) is 15.6. The smallest absolute Gasteiger partial charge is 0.254 e. The number of hydrogen-bond acceptors (Lipinski definition) is 5. The van der Waals surface area contributed by atoms with Crippen LogP contribution in [0.4, 0.5) is 11.5 Å². The van der Waals surface area contributed by atoms with Crippen LogP contribution in [0.1, 0.15) is 18.2 Å². The van der Waals surface area contributed by atoms with Crippen LogP contribution in [0.2, 0.25) is 0 Å². The van der Waals surface area contributed by atoms with Crippen LogP contribution in [-0.2, 0) is 6.42 Å². The van der Waals surface area contributed by atoms with Gasteiger partial charge in [-0.05, 0) is 25.5 Å². The second-order valence-corrected chi connectivity index (χ2v) is 6.22. The van der Waals surface area contributed by atoms with E-state index in [1.165, 1.54) is 0 Å². The molecule has 6 nitrogen and oxygen atoms in total. The van der Waals surface area contributed by atoms with Gasteiger partial charge < -0.3 is 10.1 Å². The van der Waals surface area contributed by atoms with Gasteiger partial charge in [-0.15, -0.1) is 5.10 Å². The lowest BCUT2D eigenvalue weighted by molar-refractivity contribution is 0.417. The van der Waals surface area contributed by atoms with Crippen molar-refractivity contribution in [3.63, 3.8) is 0 Å². The molecule has 4 rings (SSSR count). The second kappa shape index (κ2) is 7.07. The number of aromatic nitrogens is 4. The van der Waals surface area contributed by atoms with Crippen molar-refractivity contribution in [3.8, 4) is 17.1 Å². The number of nitrogens with zero attached hydrogens (tertiary/aromatic N) is 4. The zero-order chi connectivity index (χ0) is 18.8. The molecule has 0 saturated heterocycles. The summed E-state index contributed by atoms with van der Waals surface area (Å²) in [6, 6.07) is 17.7. The van der Waals surface area contributed by atoms with Crippen LogP contribution in [0, 0.1) is 6.92 Å². The Balaban J connectivity index is 1.90. The Kier molecular flexibility index (Phi) is 4.46. The van der Waals surface area contributed by atoms with Gasteiger partial charge in [-0.3, -0.25) is 0 Å². The first kappa shape index (κ1) is 17.0. The van der Waals surface area contributed by atoms with Crippen molar-refractivity contribution in [1.82, 2.24) is 19.6 Å². The van der Waals surface area contributed by atoms with Crippen LogP contribution in [0.25, 0.3) is 17.2 Å². The third kappa shape index (κ3) is 3.10. The van der Waals surface area contributed by atoms with E-state index in [9.17, 15) is 0 Å². The molecule has 1 N–H and O–H groups in total. The standard InChI is InChI=1S/C21H21N5O/c1-4-16-14(2)22-21-24-19(15-10-6-5-7-11-15)25-26(21)20(16)23-17-12-8-9-13-18(17)27-3/h5-13,23H,4H2,1-3H3. The number of hydrogen-bond donors (Lipinski definition) is 1. The van der Waals surface area contributed by atoms with E-state index in [0.717, 1.165) is 40.5 Å². The van der Waals surface area contributed by atoms with Gasteiger partial charge in [0, 0.05) is 16.8 Å². The Labute approximate surface area is 157 Å². The van der Waals surface area contributed by atoms with E-state index in [2.05, 4.69) is 22.2 Å². The van der Waals surface area contributed by atoms with Crippen molar-refractivity contribution in [3.05, 3.63) is 65.9 Å². The average Bonchev–Trinajstić information content (AvgIpc) is 3.13. The van der Waals surface area contributed by atoms with Crippen molar-refractivity contribution in [2.45, 2.75) is 20.3 Å². The Hall–Kier alpha value is -3.41. The van der Waals surface area contributed by atoms with E-state index in [1.54, 1.807) is 11.6 Å². The molecule has 0 aliphatic heterocycles. The van der Waals surface area contributed by atoms with Gasteiger partial charge in [0.15, 0.2) is 5.82 Å². The number of anilines is 2. The SMILES string of the molecule is CCc1c(C)nc2nc(-c3ccccc3)nn2c1Nc1ccccc1OC. The number of ether oxygens (including phenoxy) is 1. The van der Waals surface area contributed by atoms with Crippen LogP contribution in [0.15, 0.2) is 54.6 Å². The Bertz CT molecular complexity index is 1090. The predicted molar refractivity (Wildman–Crippen MR) is 107 cm³/mol. The highest BCUT2D eigenvalue weighted by Gasteiger charge is 2.17. The molecular weight excluding hydrogens is 338 g/mol. The highest BCUT2D eigenvalue weighted by molar-refractivity contribution is 5.69. The molecule has 0 fully saturated rings. The number of rotatable bonds is 5. The summed E-state index contributed by atoms with van der Waals surface area (Å²) in [5, 5.41) is 8.21. The van der Waals surface area contributed by atoms with Gasteiger partial charge in [-0.2, -0.15) is 9.50 Å². The molecule has 2 heterocycles. The molecule has 136 valence electrons. The number of fused-ring (bicyclic) bond motifs is 1. The average molecular weight is 359 g/mol. The molecule has 0 unspecified atom stereocenters. The van der Waals surface area contributed by atoms with E-state index in [4.69, 9.17) is 9.84 Å². The summed E-state index contributed by atoms with van der Waals surface area (Å²) >= 11 is 0. The molecule has 27 heavy (non-hydrogen) atoms. The fraction of sp³-hybridized carbons (Fsp3) is 0.190. The maximum atomic E-state index is 5.48. The van der Waals surface area contributed by atoms with Gasteiger partial charge in [-0.25, -0.2) is 4.98 Å². The molecule has 0 radical (unpaired) electrons. The Morgan fingerprint density at radius 2 is 1.74 bits per heavy atom. The maximum absolute atomic E-state index is 5.48. The van der Waals surface area contributed by atoms with Crippen LogP contribution >= 0.6 is 0 Å². The van der Waals surface area contributed by atoms with E-state index in [1.807, 2.05) is 61.5 Å². The van der Waals surface area contributed by atoms with Gasteiger partial charge in [-0.1, -0.05) is 49.4 Å². The molecule has 0 saturated carbocycles. The van der Waals surface area contributed by atoms with Crippen molar-refractivity contribution in [2.24, 2.45) is 0 Å². The molecule has 0 amide bonds. The lowest BCUT2D eigenvalue weighted by Crippen LogP contribution is -2.08. The minimum atomic E-state index is 0.570. The van der Waals surface area contributed by atoms with Crippen molar-refractivity contribution < 1.29 is 4.74 Å². The fourth-order valence-electron chi connectivity index (χ4n) is 3.18. The molecule has 2 aromatic carbocycles. The molecule has 2 aromatic heterocycles. The normalized spacial score (nSPS) is 10.9. The minimum absolute atomic E-state index is 0.570. The van der Waals surface area contributed by atoms with Crippen LogP contribution in [0.3, 0.4) is 0 Å². The summed E-state index contributed by atoms with van der Waals surface area (Å²) in [4.78, 5) is 9.29. The highest BCUT2D eigenvalue weighted by atomic mass is 16.5. The van der Waals surface area contributed by atoms with Crippen molar-refractivity contribution in [1.29, 1.82) is 0 Å². The summed E-state index contributed by atoms with van der Waals surface area (Å²) in [6.07, 6.45) is 0.826. The van der Waals surface area contributed by atoms with E-state index >= 15 is 0 Å². The number of para-hydroxylation sites is 2. The number of methoxy groups -OCH3 is 1. The molecule has 0 spiro atoms. The number of aryl methyl sites for hydroxylation is 1. The molecule has 4 aromatic rings. The third-order valence-electron chi connectivity index (χ3n) is 4.54. The van der Waals surface area contributed by atoms with Gasteiger partial charge in [0.25, 0.3) is 5.78 Å². The monoisotopic (exact) mass is 359 g/mol. The molecule has 6 heteroatoms. The summed E-state index contributed by atoms with van der Waals surface area (Å²) in [7, 11) is 1.66. The largest absolute Gasteiger partial charge is 0.495 e. The first-order chi connectivity index (χ1) is 13.2. The summed E-state index contributed by atoms with van der Waals surface area (Å²) in [5.74, 6) is 2.85. The van der Waals surface area contributed by atoms with Gasteiger partial charge in [0.1, 0.15) is 11.6 Å². The third-order valence-corrected chi connectivity index (χ3v) is 4.54. The van der Waals surface area contributed by atoms with Crippen LogP contribution in [0.5, 0.6) is 5.75 Å². The Morgan fingerprint density at radius 1 is 1.00 bits per heavy atom. The van der Waals surface area contributed by atoms with E-state index in [0.29, 0.717) is 11.6 Å². The maximum Gasteiger partial charge on any atom is 0.254 e. The molecule has 0 atom stereocenters. The Morgan fingerprint density at radius 3 is 2.48 bits per heavy atom. The highest BCUT2D eigenvalue weighted by Crippen LogP contribution is 2.30. The predicted octanol–water partition coefficient (Wildman–Crippen LogP) is 4.41. The first-order valence-electron chi connectivity index (χ1n) is 8.93. The van der Waals surface area contributed by atoms with Gasteiger partial charge >= 0.3 is 0 Å². The zero-order valence-corrected chi connectivity index (χ0v) is 15.6. The van der Waals surface area contributed by atoms with Crippen molar-refractivity contribution >= 4 is 17.3 Å². The van der Waals surface area contributed by atoms with Gasteiger partial charge in [0.2, 0.25) is 0 Å². The first-order valence-corrected chi connectivity index (χ1v) is 8.93. The van der Waals surface area contributed by atoms with Crippen LogP contribution < -0.4 is 10.1 Å². The lowest BCUT2D eigenvalue weighted by atomic mass is 10.1. The minimum Gasteiger partial charge on any atom is -0.495 e. The quantitative estimate of drug-likeness (QED) is 0.572. The fourth-order valence-corrected chi connectivity index (χ4v) is 3.18. The second-order valence-electron chi connectivity index (χ2n) is 6.22. The molecule has 0 aliphatic carbocycles.